The number of pyridine rings is 1. The Morgan fingerprint density at radius 2 is 2.04 bits per heavy atom. The molecule has 9 heteroatoms. The van der Waals surface area contributed by atoms with E-state index in [1.165, 1.54) is 12.4 Å². The average molecular weight is 415 g/mol. The van der Waals surface area contributed by atoms with Crippen molar-refractivity contribution >= 4 is 46.2 Å². The molecule has 28 heavy (non-hydrogen) atoms. The fourth-order valence-electron chi connectivity index (χ4n) is 2.43. The highest BCUT2D eigenvalue weighted by atomic mass is 32.2. The molecule has 2 heterocycles. The zero-order valence-corrected chi connectivity index (χ0v) is 16.8. The lowest BCUT2D eigenvalue weighted by molar-refractivity contribution is -0.123. The summed E-state index contributed by atoms with van der Waals surface area (Å²) < 4.78 is 11.1. The normalized spacial score (nSPS) is 15.1. The second kappa shape index (κ2) is 8.85. The molecule has 2 aromatic rings. The number of nitrogens with one attached hydrogen (secondary N) is 1. The summed E-state index contributed by atoms with van der Waals surface area (Å²) in [6.07, 6.45) is 4.69. The van der Waals surface area contributed by atoms with E-state index < -0.39 is 11.8 Å². The Morgan fingerprint density at radius 1 is 1.29 bits per heavy atom. The van der Waals surface area contributed by atoms with Gasteiger partial charge in [0.15, 0.2) is 15.8 Å². The van der Waals surface area contributed by atoms with E-state index in [4.69, 9.17) is 21.7 Å². The van der Waals surface area contributed by atoms with Crippen molar-refractivity contribution in [3.05, 3.63) is 58.8 Å². The van der Waals surface area contributed by atoms with E-state index in [9.17, 15) is 9.59 Å². The van der Waals surface area contributed by atoms with Crippen LogP contribution in [0.15, 0.2) is 47.6 Å². The number of methoxy groups -OCH3 is 1. The van der Waals surface area contributed by atoms with Crippen LogP contribution in [0.25, 0.3) is 6.08 Å². The van der Waals surface area contributed by atoms with Crippen LogP contribution in [-0.2, 0) is 4.79 Å². The van der Waals surface area contributed by atoms with Crippen molar-refractivity contribution in [3.63, 3.8) is 0 Å². The van der Waals surface area contributed by atoms with Crippen LogP contribution >= 0.6 is 24.0 Å². The predicted molar refractivity (Wildman–Crippen MR) is 111 cm³/mol. The van der Waals surface area contributed by atoms with E-state index in [0.29, 0.717) is 28.6 Å². The van der Waals surface area contributed by atoms with Crippen molar-refractivity contribution in [1.82, 2.24) is 15.4 Å². The number of hydrogen-bond donors (Lipinski definition) is 1. The van der Waals surface area contributed by atoms with Crippen LogP contribution < -0.4 is 14.9 Å². The van der Waals surface area contributed by atoms with Gasteiger partial charge in [-0.3, -0.25) is 20.0 Å². The molecule has 3 rings (SSSR count). The number of thiocarbonyl (C=S) groups is 1. The molecule has 1 fully saturated rings. The highest BCUT2D eigenvalue weighted by Gasteiger charge is 2.33. The zero-order valence-electron chi connectivity index (χ0n) is 15.2. The van der Waals surface area contributed by atoms with Gasteiger partial charge in [-0.25, -0.2) is 0 Å². The number of rotatable bonds is 6. The number of ether oxygens (including phenoxy) is 2. The topological polar surface area (TPSA) is 80.8 Å². The van der Waals surface area contributed by atoms with Gasteiger partial charge >= 0.3 is 0 Å². The number of hydrazine groups is 1. The summed E-state index contributed by atoms with van der Waals surface area (Å²) in [5, 5.41) is 1.07. The summed E-state index contributed by atoms with van der Waals surface area (Å²) in [6.45, 7) is 2.41. The van der Waals surface area contributed by atoms with Crippen molar-refractivity contribution < 1.29 is 19.1 Å². The first-order valence-corrected chi connectivity index (χ1v) is 9.55. The van der Waals surface area contributed by atoms with Gasteiger partial charge < -0.3 is 9.47 Å². The fourth-order valence-corrected chi connectivity index (χ4v) is 3.61. The summed E-state index contributed by atoms with van der Waals surface area (Å²) >= 11 is 6.35. The van der Waals surface area contributed by atoms with Gasteiger partial charge in [0.05, 0.1) is 18.6 Å². The molecule has 1 N–H and O–H groups in total. The third-order valence-corrected chi connectivity index (χ3v) is 5.04. The van der Waals surface area contributed by atoms with Crippen LogP contribution in [0.2, 0.25) is 0 Å². The van der Waals surface area contributed by atoms with Gasteiger partial charge in [-0.05, 0) is 55.0 Å². The Morgan fingerprint density at radius 3 is 2.71 bits per heavy atom. The van der Waals surface area contributed by atoms with E-state index in [2.05, 4.69) is 10.4 Å². The van der Waals surface area contributed by atoms with Crippen molar-refractivity contribution in [2.75, 3.05) is 13.7 Å². The number of amides is 2. The van der Waals surface area contributed by atoms with E-state index in [0.717, 1.165) is 22.3 Å². The molecule has 0 saturated carbocycles. The second-order valence-corrected chi connectivity index (χ2v) is 7.21. The minimum atomic E-state index is -0.442. The fraction of sp³-hybridized carbons (Fsp3) is 0.158. The smallest absolute Gasteiger partial charge is 0.285 e. The van der Waals surface area contributed by atoms with Gasteiger partial charge in [0.1, 0.15) is 0 Å². The molecule has 0 aliphatic carbocycles. The van der Waals surface area contributed by atoms with Gasteiger partial charge in [-0.2, -0.15) is 5.01 Å². The highest BCUT2D eigenvalue weighted by molar-refractivity contribution is 8.26. The Bertz CT molecular complexity index is 947. The summed E-state index contributed by atoms with van der Waals surface area (Å²) in [7, 11) is 1.55. The predicted octanol–water partition coefficient (Wildman–Crippen LogP) is 3.04. The minimum Gasteiger partial charge on any atom is -0.493 e. The number of carbonyl (C=O) groups excluding carboxylic acids is 2. The van der Waals surface area contributed by atoms with Gasteiger partial charge in [0.2, 0.25) is 0 Å². The van der Waals surface area contributed by atoms with Crippen molar-refractivity contribution in [1.29, 1.82) is 0 Å². The maximum absolute atomic E-state index is 12.7. The summed E-state index contributed by atoms with van der Waals surface area (Å²) in [4.78, 5) is 29.2. The SMILES string of the molecule is CCOc1ccc(/C=C2/SC(=S)N(NC(=O)c3ccncc3)C2=O)cc1OC. The van der Waals surface area contributed by atoms with Crippen LogP contribution in [0, 0.1) is 0 Å². The van der Waals surface area contributed by atoms with Crippen LogP contribution in [0.1, 0.15) is 22.8 Å². The Hall–Kier alpha value is -2.91. The monoisotopic (exact) mass is 415 g/mol. The molecule has 1 saturated heterocycles. The van der Waals surface area contributed by atoms with Gasteiger partial charge in [-0.1, -0.05) is 17.8 Å². The molecular weight excluding hydrogens is 398 g/mol. The molecular formula is C19H17N3O4S2. The summed E-state index contributed by atoms with van der Waals surface area (Å²) in [5.41, 5.74) is 3.66. The molecule has 0 bridgehead atoms. The third kappa shape index (κ3) is 4.32. The van der Waals surface area contributed by atoms with E-state index >= 15 is 0 Å². The van der Waals surface area contributed by atoms with E-state index in [1.807, 2.05) is 13.0 Å². The van der Waals surface area contributed by atoms with Gasteiger partial charge in [0, 0.05) is 18.0 Å². The van der Waals surface area contributed by atoms with Crippen molar-refractivity contribution in [2.24, 2.45) is 0 Å². The summed E-state index contributed by atoms with van der Waals surface area (Å²) in [5.74, 6) is 0.351. The van der Waals surface area contributed by atoms with Crippen LogP contribution in [0.3, 0.4) is 0 Å². The van der Waals surface area contributed by atoms with Crippen LogP contribution in [0.4, 0.5) is 0 Å². The minimum absolute atomic E-state index is 0.247. The average Bonchev–Trinajstić information content (AvgIpc) is 2.97. The van der Waals surface area contributed by atoms with Gasteiger partial charge in [-0.15, -0.1) is 0 Å². The highest BCUT2D eigenvalue weighted by Crippen LogP contribution is 2.34. The standard InChI is InChI=1S/C19H17N3O4S2/c1-3-26-14-5-4-12(10-15(14)25-2)11-16-18(24)22(19(27)28-16)21-17(23)13-6-8-20-9-7-13/h4-11H,3H2,1-2H3,(H,21,23)/b16-11+. The largest absolute Gasteiger partial charge is 0.493 e. The summed E-state index contributed by atoms with van der Waals surface area (Å²) in [6, 6.07) is 8.47. The molecule has 0 unspecified atom stereocenters. The van der Waals surface area contributed by atoms with Crippen LogP contribution in [0.5, 0.6) is 11.5 Å². The van der Waals surface area contributed by atoms with Crippen LogP contribution in [-0.4, -0.2) is 39.8 Å². The first kappa shape index (κ1) is 19.8. The Kier molecular flexibility index (Phi) is 6.27. The molecule has 0 atom stereocenters. The molecule has 7 nitrogen and oxygen atoms in total. The lowest BCUT2D eigenvalue weighted by Gasteiger charge is -2.15. The number of nitrogens with zero attached hydrogens (tertiary/aromatic N) is 2. The number of carbonyl (C=O) groups is 2. The maximum Gasteiger partial charge on any atom is 0.285 e. The molecule has 144 valence electrons. The first-order chi connectivity index (χ1) is 13.5. The first-order valence-electron chi connectivity index (χ1n) is 8.33. The van der Waals surface area contributed by atoms with E-state index in [1.54, 1.807) is 37.5 Å². The molecule has 1 aliphatic heterocycles. The van der Waals surface area contributed by atoms with Crippen molar-refractivity contribution in [3.8, 4) is 11.5 Å². The second-order valence-electron chi connectivity index (χ2n) is 5.54. The Labute approximate surface area is 171 Å². The quantitative estimate of drug-likeness (QED) is 0.574. The molecule has 1 aliphatic rings. The number of aromatic nitrogens is 1. The molecule has 2 amide bonds. The number of benzene rings is 1. The van der Waals surface area contributed by atoms with Crippen molar-refractivity contribution in [2.45, 2.75) is 6.92 Å². The number of hydrogen-bond acceptors (Lipinski definition) is 7. The molecule has 1 aromatic heterocycles. The lowest BCUT2D eigenvalue weighted by Crippen LogP contribution is -2.44. The van der Waals surface area contributed by atoms with E-state index in [-0.39, 0.29) is 4.32 Å². The molecule has 0 spiro atoms. The lowest BCUT2D eigenvalue weighted by atomic mass is 10.2. The maximum atomic E-state index is 12.7. The Balaban J connectivity index is 1.78. The third-order valence-electron chi connectivity index (χ3n) is 3.73. The zero-order chi connectivity index (χ0) is 20.1. The number of thioether (sulfide) groups is 1. The molecule has 1 aromatic carbocycles. The van der Waals surface area contributed by atoms with Gasteiger partial charge in [0.25, 0.3) is 11.8 Å². The molecule has 0 radical (unpaired) electrons.